The predicted molar refractivity (Wildman–Crippen MR) is 44.6 cm³/mol. The first-order chi connectivity index (χ1) is 5.59. The lowest BCUT2D eigenvalue weighted by atomic mass is 10.5. The van der Waals surface area contributed by atoms with Crippen LogP contribution in [0.2, 0.25) is 0 Å². The van der Waals surface area contributed by atoms with Gasteiger partial charge < -0.3 is 16.2 Å². The highest BCUT2D eigenvalue weighted by molar-refractivity contribution is 5.36. The Balaban J connectivity index is 2.90. The molecule has 0 saturated heterocycles. The lowest BCUT2D eigenvalue weighted by molar-refractivity contribution is 0.223. The van der Waals surface area contributed by atoms with E-state index in [2.05, 4.69) is 15.3 Å². The number of aliphatic hydroxyl groups is 1. The molecule has 0 aromatic carbocycles. The number of hydrogen-bond acceptors (Lipinski definition) is 5. The lowest BCUT2D eigenvalue weighted by Crippen LogP contribution is -2.20. The van der Waals surface area contributed by atoms with Crippen molar-refractivity contribution in [3.8, 4) is 0 Å². The highest BCUT2D eigenvalue weighted by atomic mass is 16.3. The highest BCUT2D eigenvalue weighted by Crippen LogP contribution is 1.96. The molecule has 1 unspecified atom stereocenters. The Morgan fingerprint density at radius 3 is 3.00 bits per heavy atom. The molecule has 0 aliphatic rings. The van der Waals surface area contributed by atoms with Gasteiger partial charge in [0.25, 0.3) is 5.56 Å². The van der Waals surface area contributed by atoms with Crippen LogP contribution >= 0.6 is 0 Å². The van der Waals surface area contributed by atoms with Crippen molar-refractivity contribution >= 4 is 11.6 Å². The standard InChI is InChI=1S/C6H10N4O2/c1-3(11)9-6-8-2-4(7)5(12)10-6/h2-3,11H,7H2,1H3,(H2,8,9,10,12). The van der Waals surface area contributed by atoms with E-state index in [1.807, 2.05) is 0 Å². The van der Waals surface area contributed by atoms with E-state index in [0.29, 0.717) is 0 Å². The zero-order valence-corrected chi connectivity index (χ0v) is 6.53. The molecule has 1 heterocycles. The molecule has 0 saturated carbocycles. The van der Waals surface area contributed by atoms with Crippen LogP contribution in [0.4, 0.5) is 11.6 Å². The predicted octanol–water partition coefficient (Wildman–Crippen LogP) is -0.898. The molecule has 1 rings (SSSR count). The van der Waals surface area contributed by atoms with Gasteiger partial charge in [-0.15, -0.1) is 0 Å². The maximum absolute atomic E-state index is 10.9. The minimum Gasteiger partial charge on any atom is -0.393 e. The van der Waals surface area contributed by atoms with E-state index in [4.69, 9.17) is 10.8 Å². The van der Waals surface area contributed by atoms with Crippen LogP contribution in [0.15, 0.2) is 11.0 Å². The van der Waals surface area contributed by atoms with Crippen molar-refractivity contribution in [2.75, 3.05) is 11.1 Å². The molecule has 12 heavy (non-hydrogen) atoms. The van der Waals surface area contributed by atoms with Crippen LogP contribution in [-0.2, 0) is 0 Å². The number of aliphatic hydroxyl groups excluding tert-OH is 1. The Kier molecular flexibility index (Phi) is 2.29. The van der Waals surface area contributed by atoms with E-state index in [1.165, 1.54) is 13.1 Å². The maximum Gasteiger partial charge on any atom is 0.275 e. The number of nitrogens with zero attached hydrogens (tertiary/aromatic N) is 1. The summed E-state index contributed by atoms with van der Waals surface area (Å²) in [6.07, 6.45) is 0.459. The van der Waals surface area contributed by atoms with Crippen molar-refractivity contribution in [3.63, 3.8) is 0 Å². The quantitative estimate of drug-likeness (QED) is 0.431. The summed E-state index contributed by atoms with van der Waals surface area (Å²) in [6, 6.07) is 0. The SMILES string of the molecule is CC(O)Nc1ncc(N)c(=O)[nH]1. The smallest absolute Gasteiger partial charge is 0.275 e. The summed E-state index contributed by atoms with van der Waals surface area (Å²) in [5.41, 5.74) is 4.85. The van der Waals surface area contributed by atoms with Gasteiger partial charge in [-0.2, -0.15) is 0 Å². The molecule has 0 aliphatic carbocycles. The zero-order chi connectivity index (χ0) is 9.14. The molecule has 0 bridgehead atoms. The average molecular weight is 170 g/mol. The molecule has 0 spiro atoms. The van der Waals surface area contributed by atoms with E-state index < -0.39 is 11.8 Å². The van der Waals surface area contributed by atoms with Crippen molar-refractivity contribution in [3.05, 3.63) is 16.6 Å². The first kappa shape index (κ1) is 8.54. The fraction of sp³-hybridized carbons (Fsp3) is 0.333. The van der Waals surface area contributed by atoms with E-state index >= 15 is 0 Å². The fourth-order valence-electron chi connectivity index (χ4n) is 0.676. The number of nitrogens with two attached hydrogens (primary N) is 1. The Hall–Kier alpha value is -1.56. The zero-order valence-electron chi connectivity index (χ0n) is 6.53. The van der Waals surface area contributed by atoms with Gasteiger partial charge in [0.1, 0.15) is 11.9 Å². The first-order valence-electron chi connectivity index (χ1n) is 3.39. The molecule has 0 amide bonds. The monoisotopic (exact) mass is 170 g/mol. The number of aromatic nitrogens is 2. The van der Waals surface area contributed by atoms with E-state index in [-0.39, 0.29) is 11.6 Å². The summed E-state index contributed by atoms with van der Waals surface area (Å²) in [6.45, 7) is 1.51. The number of anilines is 2. The molecular formula is C6H10N4O2. The molecule has 5 N–H and O–H groups in total. The van der Waals surface area contributed by atoms with Crippen LogP contribution in [0.3, 0.4) is 0 Å². The topological polar surface area (TPSA) is 104 Å². The van der Waals surface area contributed by atoms with Crippen LogP contribution in [-0.4, -0.2) is 21.3 Å². The third kappa shape index (κ3) is 1.96. The van der Waals surface area contributed by atoms with Gasteiger partial charge in [0.15, 0.2) is 0 Å². The highest BCUT2D eigenvalue weighted by Gasteiger charge is 1.99. The van der Waals surface area contributed by atoms with Crippen LogP contribution < -0.4 is 16.6 Å². The van der Waals surface area contributed by atoms with Gasteiger partial charge >= 0.3 is 0 Å². The molecule has 66 valence electrons. The summed E-state index contributed by atoms with van der Waals surface area (Å²) in [5.74, 6) is 0.198. The normalized spacial score (nSPS) is 12.5. The summed E-state index contributed by atoms with van der Waals surface area (Å²) in [7, 11) is 0. The Morgan fingerprint density at radius 2 is 2.50 bits per heavy atom. The second-order valence-corrected chi connectivity index (χ2v) is 2.34. The van der Waals surface area contributed by atoms with Crippen molar-refractivity contribution < 1.29 is 5.11 Å². The molecule has 1 aromatic rings. The van der Waals surface area contributed by atoms with Crippen molar-refractivity contribution in [1.29, 1.82) is 0 Å². The number of nitrogen functional groups attached to an aromatic ring is 1. The fourth-order valence-corrected chi connectivity index (χ4v) is 0.676. The minimum atomic E-state index is -0.767. The molecule has 6 nitrogen and oxygen atoms in total. The summed E-state index contributed by atoms with van der Waals surface area (Å²) >= 11 is 0. The summed E-state index contributed by atoms with van der Waals surface area (Å²) < 4.78 is 0. The van der Waals surface area contributed by atoms with Gasteiger partial charge in [-0.1, -0.05) is 0 Å². The summed E-state index contributed by atoms with van der Waals surface area (Å²) in [4.78, 5) is 17.0. The van der Waals surface area contributed by atoms with Crippen LogP contribution in [0.5, 0.6) is 0 Å². The van der Waals surface area contributed by atoms with Gasteiger partial charge in [0, 0.05) is 0 Å². The van der Waals surface area contributed by atoms with Crippen molar-refractivity contribution in [2.45, 2.75) is 13.2 Å². The Morgan fingerprint density at radius 1 is 1.83 bits per heavy atom. The van der Waals surface area contributed by atoms with Gasteiger partial charge in [0.2, 0.25) is 5.95 Å². The Bertz CT molecular complexity index is 320. The van der Waals surface area contributed by atoms with E-state index in [1.54, 1.807) is 0 Å². The second kappa shape index (κ2) is 3.22. The number of nitrogens with one attached hydrogen (secondary N) is 2. The third-order valence-electron chi connectivity index (χ3n) is 1.17. The third-order valence-corrected chi connectivity index (χ3v) is 1.17. The van der Waals surface area contributed by atoms with Gasteiger partial charge in [-0.3, -0.25) is 9.78 Å². The Labute approximate surface area is 68.4 Å². The van der Waals surface area contributed by atoms with Gasteiger partial charge in [-0.25, -0.2) is 4.98 Å². The van der Waals surface area contributed by atoms with Gasteiger partial charge in [-0.05, 0) is 6.92 Å². The minimum absolute atomic E-state index is 0.0474. The lowest BCUT2D eigenvalue weighted by Gasteiger charge is -2.06. The molecular weight excluding hydrogens is 160 g/mol. The molecule has 0 aliphatic heterocycles. The van der Waals surface area contributed by atoms with Crippen LogP contribution in [0.1, 0.15) is 6.92 Å². The van der Waals surface area contributed by atoms with Crippen molar-refractivity contribution in [2.24, 2.45) is 0 Å². The van der Waals surface area contributed by atoms with Crippen LogP contribution in [0, 0.1) is 0 Å². The number of H-pyrrole nitrogens is 1. The molecule has 0 fully saturated rings. The molecule has 1 aromatic heterocycles. The number of aromatic amines is 1. The molecule has 1 atom stereocenters. The molecule has 0 radical (unpaired) electrons. The first-order valence-corrected chi connectivity index (χ1v) is 3.39. The maximum atomic E-state index is 10.9. The van der Waals surface area contributed by atoms with E-state index in [9.17, 15) is 4.79 Å². The summed E-state index contributed by atoms with van der Waals surface area (Å²) in [5, 5.41) is 11.4. The number of hydrogen-bond donors (Lipinski definition) is 4. The second-order valence-electron chi connectivity index (χ2n) is 2.34. The van der Waals surface area contributed by atoms with Gasteiger partial charge in [0.05, 0.1) is 6.20 Å². The van der Waals surface area contributed by atoms with Crippen molar-refractivity contribution in [1.82, 2.24) is 9.97 Å². The van der Waals surface area contributed by atoms with Crippen LogP contribution in [0.25, 0.3) is 0 Å². The number of rotatable bonds is 2. The largest absolute Gasteiger partial charge is 0.393 e. The average Bonchev–Trinajstić information content (AvgIpc) is 1.96. The van der Waals surface area contributed by atoms with E-state index in [0.717, 1.165) is 0 Å². The molecule has 6 heteroatoms.